The fraction of sp³-hybridized carbons (Fsp3) is 0.192. The van der Waals surface area contributed by atoms with Crippen LogP contribution in [0.25, 0.3) is 11.3 Å². The van der Waals surface area contributed by atoms with Crippen LogP contribution >= 0.6 is 11.3 Å². The molecule has 0 spiro atoms. The number of benzene rings is 3. The van der Waals surface area contributed by atoms with E-state index in [-0.39, 0.29) is 16.0 Å². The van der Waals surface area contributed by atoms with Crippen LogP contribution in [-0.4, -0.2) is 19.2 Å². The molecule has 5 rings (SSSR count). The maximum Gasteiger partial charge on any atom is 0.210 e. The van der Waals surface area contributed by atoms with Crippen LogP contribution in [0.15, 0.2) is 89.3 Å². The molecule has 0 unspecified atom stereocenters. The van der Waals surface area contributed by atoms with Gasteiger partial charge in [-0.2, -0.15) is 0 Å². The van der Waals surface area contributed by atoms with Crippen molar-refractivity contribution in [3.8, 4) is 11.3 Å². The van der Waals surface area contributed by atoms with Crippen molar-refractivity contribution in [2.75, 3.05) is 5.75 Å². The second-order valence-electron chi connectivity index (χ2n) is 7.89. The summed E-state index contributed by atoms with van der Waals surface area (Å²) in [5.41, 5.74) is 5.45. The zero-order chi connectivity index (χ0) is 21.3. The number of hydrogen-bond donors (Lipinski definition) is 0. The predicted molar refractivity (Wildman–Crippen MR) is 126 cm³/mol. The fourth-order valence-electron chi connectivity index (χ4n) is 4.32. The molecular formula is C26H23NO2S2. The minimum Gasteiger partial charge on any atom is -0.225 e. The summed E-state index contributed by atoms with van der Waals surface area (Å²) in [6, 6.07) is 28.5. The summed E-state index contributed by atoms with van der Waals surface area (Å²) in [4.78, 5) is 5.70. The normalized spacial score (nSPS) is 13.1. The minimum atomic E-state index is -3.46. The Bertz CT molecular complexity index is 1260. The zero-order valence-electron chi connectivity index (χ0n) is 17.1. The number of fused-ring (bicyclic) bond motifs is 3. The largest absolute Gasteiger partial charge is 0.225 e. The van der Waals surface area contributed by atoms with Gasteiger partial charge < -0.3 is 0 Å². The second kappa shape index (κ2) is 8.40. The van der Waals surface area contributed by atoms with Crippen molar-refractivity contribution in [1.82, 2.24) is 4.98 Å². The van der Waals surface area contributed by atoms with Gasteiger partial charge in [0, 0.05) is 16.4 Å². The Morgan fingerprint density at radius 3 is 2.10 bits per heavy atom. The van der Waals surface area contributed by atoms with E-state index in [0.717, 1.165) is 40.1 Å². The fourth-order valence-corrected chi connectivity index (χ4v) is 7.13. The third kappa shape index (κ3) is 4.08. The average Bonchev–Trinajstić information content (AvgIpc) is 3.27. The molecule has 0 amide bonds. The number of thiazole rings is 1. The molecule has 0 saturated carbocycles. The van der Waals surface area contributed by atoms with E-state index in [2.05, 4.69) is 35.3 Å². The molecule has 4 aromatic rings. The Hall–Kier alpha value is -2.76. The summed E-state index contributed by atoms with van der Waals surface area (Å²) >= 11 is 1.35. The van der Waals surface area contributed by atoms with E-state index in [0.29, 0.717) is 6.42 Å². The van der Waals surface area contributed by atoms with E-state index in [1.165, 1.54) is 16.9 Å². The van der Waals surface area contributed by atoms with E-state index >= 15 is 0 Å². The van der Waals surface area contributed by atoms with Gasteiger partial charge in [0.2, 0.25) is 14.2 Å². The van der Waals surface area contributed by atoms with Crippen LogP contribution in [0.4, 0.5) is 0 Å². The first-order chi connectivity index (χ1) is 15.1. The third-order valence-electron chi connectivity index (χ3n) is 5.92. The van der Waals surface area contributed by atoms with Crippen molar-refractivity contribution in [2.45, 2.75) is 29.5 Å². The highest BCUT2D eigenvalue weighted by molar-refractivity contribution is 7.93. The first kappa shape index (κ1) is 20.2. The molecule has 0 aliphatic heterocycles. The molecule has 3 aromatic carbocycles. The SMILES string of the molecule is O=S(=O)(CCC(c1ccccc1)c1ccccc1)c1nc2c(s1)CCc1ccccc1-2. The van der Waals surface area contributed by atoms with E-state index in [1.807, 2.05) is 54.6 Å². The lowest BCUT2D eigenvalue weighted by Gasteiger charge is -2.17. The molecular weight excluding hydrogens is 422 g/mol. The van der Waals surface area contributed by atoms with Gasteiger partial charge in [-0.05, 0) is 36.0 Å². The molecule has 31 heavy (non-hydrogen) atoms. The van der Waals surface area contributed by atoms with Gasteiger partial charge in [0.05, 0.1) is 11.4 Å². The van der Waals surface area contributed by atoms with Gasteiger partial charge in [-0.1, -0.05) is 84.9 Å². The van der Waals surface area contributed by atoms with E-state index in [4.69, 9.17) is 0 Å². The van der Waals surface area contributed by atoms with Gasteiger partial charge in [0.15, 0.2) is 0 Å². The lowest BCUT2D eigenvalue weighted by molar-refractivity contribution is 0.589. The smallest absolute Gasteiger partial charge is 0.210 e. The van der Waals surface area contributed by atoms with Crippen LogP contribution in [0.1, 0.15) is 33.9 Å². The van der Waals surface area contributed by atoms with Crippen molar-refractivity contribution in [3.63, 3.8) is 0 Å². The molecule has 1 aliphatic carbocycles. The van der Waals surface area contributed by atoms with Crippen molar-refractivity contribution in [3.05, 3.63) is 106 Å². The van der Waals surface area contributed by atoms with E-state index in [9.17, 15) is 8.42 Å². The summed E-state index contributed by atoms with van der Waals surface area (Å²) in [6.07, 6.45) is 2.32. The molecule has 1 aromatic heterocycles. The first-order valence-electron chi connectivity index (χ1n) is 10.5. The number of sulfone groups is 1. The van der Waals surface area contributed by atoms with Crippen LogP contribution in [0.5, 0.6) is 0 Å². The van der Waals surface area contributed by atoms with Crippen LogP contribution in [0.2, 0.25) is 0 Å². The third-order valence-corrected chi connectivity index (χ3v) is 9.23. The Morgan fingerprint density at radius 1 is 0.806 bits per heavy atom. The minimum absolute atomic E-state index is 0.0347. The highest BCUT2D eigenvalue weighted by Crippen LogP contribution is 2.38. The molecule has 0 saturated heterocycles. The van der Waals surface area contributed by atoms with Gasteiger partial charge in [0.25, 0.3) is 0 Å². The van der Waals surface area contributed by atoms with Gasteiger partial charge in [-0.25, -0.2) is 13.4 Å². The number of rotatable bonds is 6. The molecule has 1 aliphatic rings. The van der Waals surface area contributed by atoms with Crippen molar-refractivity contribution >= 4 is 21.2 Å². The van der Waals surface area contributed by atoms with Gasteiger partial charge in [0.1, 0.15) is 0 Å². The highest BCUT2D eigenvalue weighted by Gasteiger charge is 2.27. The maximum atomic E-state index is 13.3. The van der Waals surface area contributed by atoms with Crippen molar-refractivity contribution in [1.29, 1.82) is 0 Å². The summed E-state index contributed by atoms with van der Waals surface area (Å²) in [5, 5.41) is 0. The van der Waals surface area contributed by atoms with Crippen LogP contribution in [0, 0.1) is 0 Å². The van der Waals surface area contributed by atoms with Crippen LogP contribution in [0.3, 0.4) is 0 Å². The summed E-state index contributed by atoms with van der Waals surface area (Å²) in [5.74, 6) is 0.114. The molecule has 0 N–H and O–H groups in total. The Balaban J connectivity index is 1.43. The van der Waals surface area contributed by atoms with Gasteiger partial charge in [-0.15, -0.1) is 11.3 Å². The number of aromatic nitrogens is 1. The molecule has 0 radical (unpaired) electrons. The number of hydrogen-bond acceptors (Lipinski definition) is 4. The van der Waals surface area contributed by atoms with Crippen LogP contribution < -0.4 is 0 Å². The molecule has 0 bridgehead atoms. The number of aryl methyl sites for hydroxylation is 2. The Labute approximate surface area is 187 Å². The molecule has 156 valence electrons. The lowest BCUT2D eigenvalue weighted by atomic mass is 9.89. The molecule has 3 nitrogen and oxygen atoms in total. The van der Waals surface area contributed by atoms with Crippen molar-refractivity contribution < 1.29 is 8.42 Å². The highest BCUT2D eigenvalue weighted by atomic mass is 32.2. The zero-order valence-corrected chi connectivity index (χ0v) is 18.7. The molecule has 5 heteroatoms. The van der Waals surface area contributed by atoms with E-state index < -0.39 is 9.84 Å². The predicted octanol–water partition coefficient (Wildman–Crippen LogP) is 5.90. The standard InChI is InChI=1S/C26H23NO2S2/c28-31(29,26-27-25-23-14-8-7-13-21(23)15-16-24(25)30-26)18-17-22(19-9-3-1-4-10-19)20-11-5-2-6-12-20/h1-14,22H,15-18H2. The lowest BCUT2D eigenvalue weighted by Crippen LogP contribution is -2.12. The average molecular weight is 446 g/mol. The quantitative estimate of drug-likeness (QED) is 0.371. The van der Waals surface area contributed by atoms with Crippen molar-refractivity contribution in [2.24, 2.45) is 0 Å². The number of nitrogens with zero attached hydrogens (tertiary/aromatic N) is 1. The maximum absolute atomic E-state index is 13.3. The first-order valence-corrected chi connectivity index (χ1v) is 13.0. The molecule has 1 heterocycles. The summed E-state index contributed by atoms with van der Waals surface area (Å²) < 4.78 is 26.8. The van der Waals surface area contributed by atoms with Crippen LogP contribution in [-0.2, 0) is 22.7 Å². The Morgan fingerprint density at radius 2 is 1.42 bits per heavy atom. The monoisotopic (exact) mass is 445 g/mol. The topological polar surface area (TPSA) is 47.0 Å². The molecule has 0 atom stereocenters. The molecule has 0 fully saturated rings. The van der Waals surface area contributed by atoms with Gasteiger partial charge >= 0.3 is 0 Å². The van der Waals surface area contributed by atoms with Gasteiger partial charge in [-0.3, -0.25) is 0 Å². The van der Waals surface area contributed by atoms with E-state index in [1.54, 1.807) is 0 Å². The summed E-state index contributed by atoms with van der Waals surface area (Å²) in [6.45, 7) is 0. The second-order valence-corrected chi connectivity index (χ2v) is 11.3. The summed E-state index contributed by atoms with van der Waals surface area (Å²) in [7, 11) is -3.46. The Kier molecular flexibility index (Phi) is 5.47.